The Morgan fingerprint density at radius 3 is 2.49 bits per heavy atom. The first-order chi connectivity index (χ1) is 19.9. The Labute approximate surface area is 239 Å². The molecule has 3 N–H and O–H groups in total. The molecule has 3 heterocycles. The molecule has 7 heteroatoms. The first-order valence-corrected chi connectivity index (χ1v) is 13.9. The second-order valence-corrected chi connectivity index (χ2v) is 10.9. The molecular weight excluding hydrogens is 514 g/mol. The number of hydrogen-bond donors (Lipinski definition) is 3. The maximum Gasteiger partial charge on any atom is 0.253 e. The largest absolute Gasteiger partial charge is 0.493 e. The zero-order chi connectivity index (χ0) is 28.7. The summed E-state index contributed by atoms with van der Waals surface area (Å²) in [6.07, 6.45) is 3.27. The summed E-state index contributed by atoms with van der Waals surface area (Å²) in [6, 6.07) is 20.0. The van der Waals surface area contributed by atoms with Crippen molar-refractivity contribution in [2.45, 2.75) is 39.3 Å². The Kier molecular flexibility index (Phi) is 7.05. The van der Waals surface area contributed by atoms with Crippen LogP contribution in [0.5, 0.6) is 11.5 Å². The number of amides is 1. The number of ether oxygens (including phenoxy) is 2. The number of nitrogens with zero attached hydrogens (tertiary/aromatic N) is 1. The monoisotopic (exact) mass is 549 g/mol. The lowest BCUT2D eigenvalue weighted by Gasteiger charge is -2.23. The molecule has 0 radical (unpaired) electrons. The van der Waals surface area contributed by atoms with Gasteiger partial charge in [0, 0.05) is 34.9 Å². The molecule has 5 aromatic rings. The predicted octanol–water partition coefficient (Wildman–Crippen LogP) is 5.83. The number of nitrogens with one attached hydrogen (secondary N) is 2. The molecular formula is C34H35N3O4. The van der Waals surface area contributed by atoms with Gasteiger partial charge in [-0.2, -0.15) is 0 Å². The van der Waals surface area contributed by atoms with Crippen molar-refractivity contribution < 1.29 is 19.4 Å². The van der Waals surface area contributed by atoms with Gasteiger partial charge >= 0.3 is 0 Å². The summed E-state index contributed by atoms with van der Waals surface area (Å²) in [5.41, 5.74) is 9.97. The Morgan fingerprint density at radius 2 is 1.76 bits per heavy atom. The number of aryl methyl sites for hydroxylation is 3. The second-order valence-electron chi connectivity index (χ2n) is 10.9. The van der Waals surface area contributed by atoms with Gasteiger partial charge in [0.1, 0.15) is 0 Å². The summed E-state index contributed by atoms with van der Waals surface area (Å²) in [7, 11) is 3.28. The standard InChI is InChI=1S/C34H35N3O4/c1-20-11-21(2)13-23(12-20)33-28(16-30-27-17-32(41-4)31(40-3)15-22(27)9-10-37(30)33)34(39)36-25(19-38)14-24-18-35-29-8-6-5-7-26(24)29/h5-8,11-13,15-18,25,35,38H,9-10,14,19H2,1-4H3,(H,36,39). The van der Waals surface area contributed by atoms with Crippen molar-refractivity contribution in [2.24, 2.45) is 0 Å². The van der Waals surface area contributed by atoms with Crippen molar-refractivity contribution in [3.05, 3.63) is 94.7 Å². The molecule has 0 bridgehead atoms. The number of rotatable bonds is 8. The molecule has 7 nitrogen and oxygen atoms in total. The van der Waals surface area contributed by atoms with E-state index in [1.54, 1.807) is 14.2 Å². The van der Waals surface area contributed by atoms with Crippen LogP contribution in [-0.4, -0.2) is 47.4 Å². The number of hydrogen-bond acceptors (Lipinski definition) is 4. The average molecular weight is 550 g/mol. The quantitative estimate of drug-likeness (QED) is 0.227. The van der Waals surface area contributed by atoms with Crippen LogP contribution in [0.2, 0.25) is 0 Å². The molecule has 0 fully saturated rings. The Hall–Kier alpha value is -4.49. The van der Waals surface area contributed by atoms with Crippen LogP contribution < -0.4 is 14.8 Å². The lowest BCUT2D eigenvalue weighted by molar-refractivity contribution is 0.0917. The number of aliphatic hydroxyl groups is 1. The number of benzene rings is 3. The van der Waals surface area contributed by atoms with Crippen LogP contribution >= 0.6 is 0 Å². The number of aromatic nitrogens is 2. The highest BCUT2D eigenvalue weighted by molar-refractivity contribution is 6.02. The minimum absolute atomic E-state index is 0.169. The fourth-order valence-electron chi connectivity index (χ4n) is 6.19. The van der Waals surface area contributed by atoms with E-state index < -0.39 is 6.04 Å². The number of H-pyrrole nitrogens is 1. The third-order valence-electron chi connectivity index (χ3n) is 8.02. The molecule has 0 saturated heterocycles. The number of carbonyl (C=O) groups excluding carboxylic acids is 1. The predicted molar refractivity (Wildman–Crippen MR) is 162 cm³/mol. The molecule has 0 spiro atoms. The van der Waals surface area contributed by atoms with Crippen molar-refractivity contribution in [3.63, 3.8) is 0 Å². The molecule has 1 atom stereocenters. The van der Waals surface area contributed by atoms with Gasteiger partial charge in [0.05, 0.1) is 38.1 Å². The lowest BCUT2D eigenvalue weighted by atomic mass is 9.97. The molecule has 1 aliphatic heterocycles. The van der Waals surface area contributed by atoms with Gasteiger partial charge in [-0.15, -0.1) is 0 Å². The third-order valence-corrected chi connectivity index (χ3v) is 8.02. The van der Waals surface area contributed by atoms with E-state index in [2.05, 4.69) is 53.0 Å². The number of aromatic amines is 1. The molecule has 2 aromatic heterocycles. The fourth-order valence-corrected chi connectivity index (χ4v) is 6.19. The van der Waals surface area contributed by atoms with Gasteiger partial charge in [0.15, 0.2) is 11.5 Å². The molecule has 41 heavy (non-hydrogen) atoms. The van der Waals surface area contributed by atoms with Crippen LogP contribution in [0.4, 0.5) is 0 Å². The van der Waals surface area contributed by atoms with E-state index in [1.807, 2.05) is 42.6 Å². The number of methoxy groups -OCH3 is 2. The highest BCUT2D eigenvalue weighted by Gasteiger charge is 2.28. The van der Waals surface area contributed by atoms with E-state index in [0.717, 1.165) is 68.6 Å². The van der Waals surface area contributed by atoms with Crippen LogP contribution in [0.25, 0.3) is 33.4 Å². The minimum atomic E-state index is -0.442. The Bertz CT molecular complexity index is 1740. The van der Waals surface area contributed by atoms with E-state index in [0.29, 0.717) is 23.5 Å². The lowest BCUT2D eigenvalue weighted by Crippen LogP contribution is -2.39. The molecule has 6 rings (SSSR count). The van der Waals surface area contributed by atoms with Gasteiger partial charge in [-0.1, -0.05) is 35.4 Å². The van der Waals surface area contributed by atoms with Crippen LogP contribution in [-0.2, 0) is 19.4 Å². The van der Waals surface area contributed by atoms with Crippen LogP contribution in [0, 0.1) is 13.8 Å². The SMILES string of the molecule is COc1cc2c(cc1OC)-c1cc(C(=O)NC(CO)Cc3c[nH]c4ccccc34)c(-c3cc(C)cc(C)c3)n1CC2. The van der Waals surface area contributed by atoms with Gasteiger partial charge in [0.25, 0.3) is 5.91 Å². The van der Waals surface area contributed by atoms with Crippen LogP contribution in [0.1, 0.15) is 32.6 Å². The summed E-state index contributed by atoms with van der Waals surface area (Å²) in [6.45, 7) is 4.71. The van der Waals surface area contributed by atoms with Crippen molar-refractivity contribution in [1.29, 1.82) is 0 Å². The Morgan fingerprint density at radius 1 is 1.02 bits per heavy atom. The molecule has 0 saturated carbocycles. The van der Waals surface area contributed by atoms with Crippen molar-refractivity contribution in [2.75, 3.05) is 20.8 Å². The third kappa shape index (κ3) is 4.87. The van der Waals surface area contributed by atoms with E-state index in [9.17, 15) is 9.90 Å². The van der Waals surface area contributed by atoms with Gasteiger partial charge in [-0.05, 0) is 79.8 Å². The highest BCUT2D eigenvalue weighted by Crippen LogP contribution is 2.42. The second kappa shape index (κ2) is 10.8. The van der Waals surface area contributed by atoms with E-state index in [-0.39, 0.29) is 12.5 Å². The summed E-state index contributed by atoms with van der Waals surface area (Å²) in [5, 5.41) is 14.5. The summed E-state index contributed by atoms with van der Waals surface area (Å²) in [4.78, 5) is 17.3. The van der Waals surface area contributed by atoms with Gasteiger partial charge in [-0.25, -0.2) is 0 Å². The zero-order valence-electron chi connectivity index (χ0n) is 23.9. The van der Waals surface area contributed by atoms with E-state index >= 15 is 0 Å². The number of para-hydroxylation sites is 1. The van der Waals surface area contributed by atoms with Crippen molar-refractivity contribution >= 4 is 16.8 Å². The topological polar surface area (TPSA) is 88.5 Å². The maximum absolute atomic E-state index is 14.0. The molecule has 1 unspecified atom stereocenters. The van der Waals surface area contributed by atoms with E-state index in [4.69, 9.17) is 9.47 Å². The minimum Gasteiger partial charge on any atom is -0.493 e. The van der Waals surface area contributed by atoms with Crippen LogP contribution in [0.15, 0.2) is 66.9 Å². The van der Waals surface area contributed by atoms with E-state index in [1.165, 1.54) is 0 Å². The Balaban J connectivity index is 1.42. The molecule has 210 valence electrons. The number of fused-ring (bicyclic) bond motifs is 4. The summed E-state index contributed by atoms with van der Waals surface area (Å²) >= 11 is 0. The first kappa shape index (κ1) is 26.7. The molecule has 0 aliphatic carbocycles. The molecule has 1 amide bonds. The highest BCUT2D eigenvalue weighted by atomic mass is 16.5. The van der Waals surface area contributed by atoms with Gasteiger partial charge < -0.3 is 29.4 Å². The van der Waals surface area contributed by atoms with Crippen molar-refractivity contribution in [3.8, 4) is 34.0 Å². The van der Waals surface area contributed by atoms with Crippen molar-refractivity contribution in [1.82, 2.24) is 14.9 Å². The van der Waals surface area contributed by atoms with Gasteiger partial charge in [0.2, 0.25) is 0 Å². The fraction of sp³-hybridized carbons (Fsp3) is 0.265. The number of carbonyl (C=O) groups is 1. The number of aliphatic hydroxyl groups excluding tert-OH is 1. The summed E-state index contributed by atoms with van der Waals surface area (Å²) in [5.74, 6) is 1.14. The van der Waals surface area contributed by atoms with Gasteiger partial charge in [-0.3, -0.25) is 4.79 Å². The average Bonchev–Trinajstić information content (AvgIpc) is 3.57. The zero-order valence-corrected chi connectivity index (χ0v) is 23.9. The van der Waals surface area contributed by atoms with Crippen LogP contribution in [0.3, 0.4) is 0 Å². The normalized spacial score (nSPS) is 13.0. The molecule has 1 aliphatic rings. The smallest absolute Gasteiger partial charge is 0.253 e. The summed E-state index contributed by atoms with van der Waals surface area (Å²) < 4.78 is 13.4. The first-order valence-electron chi connectivity index (χ1n) is 13.9. The maximum atomic E-state index is 14.0. The molecule has 3 aromatic carbocycles.